The van der Waals surface area contributed by atoms with Gasteiger partial charge < -0.3 is 19.7 Å². The summed E-state index contributed by atoms with van der Waals surface area (Å²) >= 11 is 0. The summed E-state index contributed by atoms with van der Waals surface area (Å²) in [6.07, 6.45) is 4.48. The van der Waals surface area contributed by atoms with Crippen LogP contribution in [-0.2, 0) is 9.47 Å². The van der Waals surface area contributed by atoms with Crippen LogP contribution < -0.4 is 5.32 Å². The van der Waals surface area contributed by atoms with E-state index in [1.54, 1.807) is 0 Å². The first kappa shape index (κ1) is 16.6. The van der Waals surface area contributed by atoms with E-state index < -0.39 is 5.60 Å². The fourth-order valence-corrected chi connectivity index (χ4v) is 3.05. The van der Waals surface area contributed by atoms with Crippen LogP contribution in [0.3, 0.4) is 0 Å². The van der Waals surface area contributed by atoms with Crippen LogP contribution in [0.25, 0.3) is 0 Å². The third kappa shape index (κ3) is 5.15. The molecule has 2 rings (SSSR count). The minimum Gasteiger partial charge on any atom is -0.444 e. The zero-order chi connectivity index (χ0) is 15.5. The lowest BCUT2D eigenvalue weighted by atomic mass is 10.00. The minimum atomic E-state index is -0.431. The molecule has 2 fully saturated rings. The van der Waals surface area contributed by atoms with Crippen LogP contribution in [-0.4, -0.2) is 54.5 Å². The number of nitrogens with one attached hydrogen (secondary N) is 1. The molecule has 0 spiro atoms. The van der Waals surface area contributed by atoms with Gasteiger partial charge in [-0.3, -0.25) is 0 Å². The third-order valence-electron chi connectivity index (χ3n) is 4.13. The monoisotopic (exact) mass is 298 g/mol. The van der Waals surface area contributed by atoms with E-state index in [0.29, 0.717) is 6.10 Å². The Morgan fingerprint density at radius 1 is 1.14 bits per heavy atom. The summed E-state index contributed by atoms with van der Waals surface area (Å²) in [6.45, 7) is 10.6. The zero-order valence-corrected chi connectivity index (χ0v) is 13.9. The van der Waals surface area contributed by atoms with Gasteiger partial charge in [0.15, 0.2) is 0 Å². The number of hydrogen-bond acceptors (Lipinski definition) is 4. The Kier molecular flexibility index (Phi) is 5.49. The number of carbonyl (C=O) groups excluding carboxylic acids is 1. The summed E-state index contributed by atoms with van der Waals surface area (Å²) in [7, 11) is 0. The molecule has 2 saturated heterocycles. The fraction of sp³-hybridized carbons (Fsp3) is 0.938. The van der Waals surface area contributed by atoms with Gasteiger partial charge in [0.1, 0.15) is 5.60 Å². The SMILES string of the molecule is C[C@H]1C[C@@H](OC2CCNCC2)CCN1C(=O)OC(C)(C)C. The van der Waals surface area contributed by atoms with Crippen LogP contribution in [0.2, 0.25) is 0 Å². The second kappa shape index (κ2) is 6.97. The van der Waals surface area contributed by atoms with Crippen molar-refractivity contribution in [3.63, 3.8) is 0 Å². The third-order valence-corrected chi connectivity index (χ3v) is 4.13. The Balaban J connectivity index is 1.79. The molecule has 2 atom stereocenters. The molecule has 2 aliphatic rings. The fourth-order valence-electron chi connectivity index (χ4n) is 3.05. The van der Waals surface area contributed by atoms with E-state index in [2.05, 4.69) is 12.2 Å². The zero-order valence-electron chi connectivity index (χ0n) is 13.9. The average Bonchev–Trinajstić information content (AvgIpc) is 2.37. The van der Waals surface area contributed by atoms with Gasteiger partial charge in [-0.05, 0) is 66.5 Å². The Morgan fingerprint density at radius 3 is 2.38 bits per heavy atom. The van der Waals surface area contributed by atoms with E-state index in [1.807, 2.05) is 25.7 Å². The van der Waals surface area contributed by atoms with E-state index in [0.717, 1.165) is 45.3 Å². The minimum absolute atomic E-state index is 0.181. The Labute approximate surface area is 128 Å². The van der Waals surface area contributed by atoms with Crippen molar-refractivity contribution in [3.8, 4) is 0 Å². The summed E-state index contributed by atoms with van der Waals surface area (Å²) < 4.78 is 11.7. The van der Waals surface area contributed by atoms with E-state index in [1.165, 1.54) is 0 Å². The molecule has 1 N–H and O–H groups in total. The number of hydrogen-bond donors (Lipinski definition) is 1. The van der Waals surface area contributed by atoms with Crippen LogP contribution >= 0.6 is 0 Å². The summed E-state index contributed by atoms with van der Waals surface area (Å²) in [6, 6.07) is 0.181. The standard InChI is InChI=1S/C16H30N2O3/c1-12-11-14(20-13-5-8-17-9-6-13)7-10-18(12)15(19)21-16(2,3)4/h12-14,17H,5-11H2,1-4H3/t12-,14-/m0/s1. The van der Waals surface area contributed by atoms with E-state index >= 15 is 0 Å². The lowest BCUT2D eigenvalue weighted by Crippen LogP contribution is -2.49. The summed E-state index contributed by atoms with van der Waals surface area (Å²) in [5.41, 5.74) is -0.431. The van der Waals surface area contributed by atoms with E-state index in [-0.39, 0.29) is 18.2 Å². The largest absolute Gasteiger partial charge is 0.444 e. The van der Waals surface area contributed by atoms with E-state index in [9.17, 15) is 4.79 Å². The van der Waals surface area contributed by atoms with Crippen molar-refractivity contribution in [1.29, 1.82) is 0 Å². The molecular weight excluding hydrogens is 268 g/mol. The molecule has 0 aromatic heterocycles. The summed E-state index contributed by atoms with van der Waals surface area (Å²) in [5, 5.41) is 3.35. The van der Waals surface area contributed by atoms with Gasteiger partial charge in [0.05, 0.1) is 12.2 Å². The molecule has 5 heteroatoms. The van der Waals surface area contributed by atoms with Crippen LogP contribution in [0.4, 0.5) is 4.79 Å². The number of piperidine rings is 2. The number of ether oxygens (including phenoxy) is 2. The van der Waals surface area contributed by atoms with Crippen LogP contribution in [0, 0.1) is 0 Å². The van der Waals surface area contributed by atoms with Gasteiger partial charge in [-0.25, -0.2) is 4.79 Å². The highest BCUT2D eigenvalue weighted by molar-refractivity contribution is 5.68. The maximum absolute atomic E-state index is 12.2. The van der Waals surface area contributed by atoms with Crippen LogP contribution in [0.15, 0.2) is 0 Å². The van der Waals surface area contributed by atoms with Crippen molar-refractivity contribution < 1.29 is 14.3 Å². The highest BCUT2D eigenvalue weighted by atomic mass is 16.6. The highest BCUT2D eigenvalue weighted by Crippen LogP contribution is 2.24. The van der Waals surface area contributed by atoms with E-state index in [4.69, 9.17) is 9.47 Å². The average molecular weight is 298 g/mol. The summed E-state index contributed by atoms with van der Waals surface area (Å²) in [4.78, 5) is 14.0. The maximum Gasteiger partial charge on any atom is 0.410 e. The number of carbonyl (C=O) groups is 1. The van der Waals surface area contributed by atoms with Gasteiger partial charge in [-0.2, -0.15) is 0 Å². The number of nitrogens with zero attached hydrogens (tertiary/aromatic N) is 1. The molecule has 2 aliphatic heterocycles. The molecule has 0 saturated carbocycles. The van der Waals surface area contributed by atoms with Gasteiger partial charge in [-0.15, -0.1) is 0 Å². The molecule has 5 nitrogen and oxygen atoms in total. The van der Waals surface area contributed by atoms with Crippen molar-refractivity contribution in [1.82, 2.24) is 10.2 Å². The molecule has 21 heavy (non-hydrogen) atoms. The predicted molar refractivity (Wildman–Crippen MR) is 82.4 cm³/mol. The smallest absolute Gasteiger partial charge is 0.410 e. The quantitative estimate of drug-likeness (QED) is 0.851. The van der Waals surface area contributed by atoms with Crippen molar-refractivity contribution in [2.24, 2.45) is 0 Å². The van der Waals surface area contributed by atoms with Gasteiger partial charge in [0, 0.05) is 12.6 Å². The molecule has 0 radical (unpaired) electrons. The number of rotatable bonds is 2. The summed E-state index contributed by atoms with van der Waals surface area (Å²) in [5.74, 6) is 0. The lowest BCUT2D eigenvalue weighted by Gasteiger charge is -2.39. The van der Waals surface area contributed by atoms with Gasteiger partial charge in [0.2, 0.25) is 0 Å². The molecule has 122 valence electrons. The molecule has 0 aromatic rings. The van der Waals surface area contributed by atoms with Crippen molar-refractivity contribution in [2.45, 2.75) is 77.2 Å². The topological polar surface area (TPSA) is 50.8 Å². The second-order valence-electron chi connectivity index (χ2n) is 7.25. The Morgan fingerprint density at radius 2 is 1.81 bits per heavy atom. The molecule has 0 aliphatic carbocycles. The normalized spacial score (nSPS) is 28.5. The molecule has 0 bridgehead atoms. The number of amides is 1. The molecule has 0 aromatic carbocycles. The Bertz CT molecular complexity index is 348. The maximum atomic E-state index is 12.2. The van der Waals surface area contributed by atoms with Gasteiger partial charge in [0.25, 0.3) is 0 Å². The molecule has 1 amide bonds. The predicted octanol–water partition coefficient (Wildman–Crippen LogP) is 2.54. The second-order valence-corrected chi connectivity index (χ2v) is 7.25. The first-order valence-electron chi connectivity index (χ1n) is 8.21. The molecule has 0 unspecified atom stereocenters. The van der Waals surface area contributed by atoms with Crippen molar-refractivity contribution in [2.75, 3.05) is 19.6 Å². The van der Waals surface area contributed by atoms with Crippen molar-refractivity contribution in [3.05, 3.63) is 0 Å². The lowest BCUT2D eigenvalue weighted by molar-refractivity contribution is -0.0667. The first-order chi connectivity index (χ1) is 9.85. The van der Waals surface area contributed by atoms with Gasteiger partial charge in [-0.1, -0.05) is 0 Å². The highest BCUT2D eigenvalue weighted by Gasteiger charge is 2.33. The molecular formula is C16H30N2O3. The van der Waals surface area contributed by atoms with Crippen molar-refractivity contribution >= 4 is 6.09 Å². The Hall–Kier alpha value is -0.810. The number of likely N-dealkylation sites (tertiary alicyclic amines) is 1. The first-order valence-corrected chi connectivity index (χ1v) is 8.21. The molecule has 2 heterocycles. The van der Waals surface area contributed by atoms with Crippen LogP contribution in [0.1, 0.15) is 53.4 Å². The van der Waals surface area contributed by atoms with Gasteiger partial charge >= 0.3 is 6.09 Å². The van der Waals surface area contributed by atoms with Crippen LogP contribution in [0.5, 0.6) is 0 Å².